The van der Waals surface area contributed by atoms with Crippen LogP contribution in [0.5, 0.6) is 0 Å². The molecule has 33 heavy (non-hydrogen) atoms. The first-order valence-electron chi connectivity index (χ1n) is 10.8. The highest BCUT2D eigenvalue weighted by Gasteiger charge is 2.26. The highest BCUT2D eigenvalue weighted by molar-refractivity contribution is 6.26. The van der Waals surface area contributed by atoms with Crippen molar-refractivity contribution in [3.8, 4) is 11.1 Å². The number of hydrogen-bond donors (Lipinski definition) is 2. The van der Waals surface area contributed by atoms with Crippen molar-refractivity contribution in [3.63, 3.8) is 0 Å². The normalized spacial score (nSPS) is 12.0. The predicted molar refractivity (Wildman–Crippen MR) is 129 cm³/mol. The molecule has 2 N–H and O–H groups in total. The second-order valence-electron chi connectivity index (χ2n) is 7.79. The zero-order chi connectivity index (χ0) is 23.4. The smallest absolute Gasteiger partial charge is 0.335 e. The molecule has 0 aromatic heterocycles. The van der Waals surface area contributed by atoms with Gasteiger partial charge in [0, 0.05) is 10.9 Å². The van der Waals surface area contributed by atoms with Gasteiger partial charge in [-0.15, -0.1) is 0 Å². The maximum Gasteiger partial charge on any atom is 0.335 e. The van der Waals surface area contributed by atoms with Crippen LogP contribution in [-0.2, 0) is 6.42 Å². The number of imide groups is 1. The van der Waals surface area contributed by atoms with Gasteiger partial charge in [0.1, 0.15) is 0 Å². The number of hydrogen-bond acceptors (Lipinski definition) is 3. The number of aryl methyl sites for hydroxylation is 1. The molecule has 5 nitrogen and oxygen atoms in total. The lowest BCUT2D eigenvalue weighted by molar-refractivity contribution is 0.0695. The highest BCUT2D eigenvalue weighted by atomic mass is 16.4. The molecule has 0 atom stereocenters. The Morgan fingerprint density at radius 2 is 1.48 bits per heavy atom. The predicted octanol–water partition coefficient (Wildman–Crippen LogP) is 5.73. The van der Waals surface area contributed by atoms with Crippen molar-refractivity contribution in [1.29, 1.82) is 0 Å². The van der Waals surface area contributed by atoms with E-state index in [4.69, 9.17) is 5.11 Å². The van der Waals surface area contributed by atoms with Crippen LogP contribution >= 0.6 is 0 Å². The van der Waals surface area contributed by atoms with Gasteiger partial charge in [0.25, 0.3) is 11.8 Å². The van der Waals surface area contributed by atoms with Crippen molar-refractivity contribution in [1.82, 2.24) is 5.32 Å². The number of rotatable bonds is 4. The summed E-state index contributed by atoms with van der Waals surface area (Å²) in [5.41, 5.74) is 4.72. The molecular formula is C28H23NO4. The second-order valence-corrected chi connectivity index (χ2v) is 7.79. The number of amides is 2. The van der Waals surface area contributed by atoms with E-state index >= 15 is 0 Å². The molecule has 164 valence electrons. The number of carboxylic acid groups (broad SMARTS) is 1. The maximum absolute atomic E-state index is 12.0. The summed E-state index contributed by atoms with van der Waals surface area (Å²) in [7, 11) is 0. The molecule has 0 radical (unpaired) electrons. The fourth-order valence-corrected chi connectivity index (χ4v) is 4.02. The lowest BCUT2D eigenvalue weighted by Crippen LogP contribution is -2.35. The van der Waals surface area contributed by atoms with Crippen molar-refractivity contribution in [3.05, 3.63) is 107 Å². The zero-order valence-corrected chi connectivity index (χ0v) is 18.2. The molecule has 1 heterocycles. The number of aromatic carboxylic acids is 1. The van der Waals surface area contributed by atoms with E-state index in [0.717, 1.165) is 40.3 Å². The first-order valence-corrected chi connectivity index (χ1v) is 10.8. The van der Waals surface area contributed by atoms with E-state index in [-0.39, 0.29) is 11.8 Å². The van der Waals surface area contributed by atoms with Gasteiger partial charge in [-0.3, -0.25) is 14.9 Å². The van der Waals surface area contributed by atoms with Crippen LogP contribution in [0.25, 0.3) is 21.9 Å². The lowest BCUT2D eigenvalue weighted by atomic mass is 9.90. The minimum Gasteiger partial charge on any atom is -0.478 e. The molecular weight excluding hydrogens is 414 g/mol. The number of benzene rings is 4. The summed E-state index contributed by atoms with van der Waals surface area (Å²) in [5.74, 6) is -1.46. The van der Waals surface area contributed by atoms with Crippen LogP contribution in [-0.4, -0.2) is 22.9 Å². The summed E-state index contributed by atoms with van der Waals surface area (Å²) in [5, 5.41) is 12.9. The van der Waals surface area contributed by atoms with Gasteiger partial charge in [-0.1, -0.05) is 80.1 Å². The standard InChI is InChI=1S/C15H13NO2.C13H10O2/c1-2-4-9-7-8-10-5-3-6-11-12(10)13(9)15(18)16-14(11)17;14-13(15)12-8-6-11(7-9-12)10-4-2-1-3-5-10/h3,5-8H,2,4H2,1H3,(H,16,17,18);1-9H,(H,14,15). The second kappa shape index (κ2) is 9.49. The van der Waals surface area contributed by atoms with Gasteiger partial charge in [-0.05, 0) is 46.7 Å². The first-order chi connectivity index (χ1) is 16.0. The Morgan fingerprint density at radius 1 is 0.788 bits per heavy atom. The van der Waals surface area contributed by atoms with Gasteiger partial charge in [0.15, 0.2) is 0 Å². The Kier molecular flexibility index (Phi) is 6.31. The van der Waals surface area contributed by atoms with Gasteiger partial charge >= 0.3 is 5.97 Å². The van der Waals surface area contributed by atoms with E-state index in [0.29, 0.717) is 16.7 Å². The van der Waals surface area contributed by atoms with Gasteiger partial charge in [-0.2, -0.15) is 0 Å². The molecule has 0 saturated carbocycles. The summed E-state index contributed by atoms with van der Waals surface area (Å²) in [4.78, 5) is 34.5. The molecule has 1 aliphatic rings. The van der Waals surface area contributed by atoms with E-state index in [9.17, 15) is 14.4 Å². The van der Waals surface area contributed by atoms with Crippen molar-refractivity contribution in [2.24, 2.45) is 0 Å². The summed E-state index contributed by atoms with van der Waals surface area (Å²) in [6.45, 7) is 2.08. The van der Waals surface area contributed by atoms with Crippen LogP contribution in [0.1, 0.15) is 50.0 Å². The number of nitrogens with one attached hydrogen (secondary N) is 1. The van der Waals surface area contributed by atoms with Crippen LogP contribution in [0, 0.1) is 0 Å². The molecule has 2 amide bonds. The zero-order valence-electron chi connectivity index (χ0n) is 18.2. The highest BCUT2D eigenvalue weighted by Crippen LogP contribution is 2.29. The first kappa shape index (κ1) is 22.0. The molecule has 0 spiro atoms. The molecule has 1 aliphatic heterocycles. The monoisotopic (exact) mass is 437 g/mol. The number of carbonyl (C=O) groups is 3. The summed E-state index contributed by atoms with van der Waals surface area (Å²) >= 11 is 0. The lowest BCUT2D eigenvalue weighted by Gasteiger charge is -2.19. The molecule has 0 unspecified atom stereocenters. The third-order valence-corrected chi connectivity index (χ3v) is 5.59. The van der Waals surface area contributed by atoms with Crippen molar-refractivity contribution in [2.75, 3.05) is 0 Å². The van der Waals surface area contributed by atoms with Gasteiger partial charge in [0.2, 0.25) is 0 Å². The van der Waals surface area contributed by atoms with Crippen LogP contribution in [0.15, 0.2) is 84.9 Å². The molecule has 0 aliphatic carbocycles. The average Bonchev–Trinajstić information content (AvgIpc) is 2.84. The van der Waals surface area contributed by atoms with Crippen LogP contribution in [0.2, 0.25) is 0 Å². The molecule has 0 saturated heterocycles. The number of carboxylic acids is 1. The Morgan fingerprint density at radius 3 is 2.15 bits per heavy atom. The maximum atomic E-state index is 12.0. The third-order valence-electron chi connectivity index (χ3n) is 5.59. The van der Waals surface area contributed by atoms with Crippen LogP contribution in [0.3, 0.4) is 0 Å². The third kappa shape index (κ3) is 4.53. The van der Waals surface area contributed by atoms with Gasteiger partial charge < -0.3 is 5.11 Å². The fraction of sp³-hybridized carbons (Fsp3) is 0.107. The van der Waals surface area contributed by atoms with E-state index in [1.165, 1.54) is 0 Å². The molecule has 4 aromatic rings. The van der Waals surface area contributed by atoms with E-state index in [1.807, 2.05) is 66.7 Å². The molecule has 0 fully saturated rings. The topological polar surface area (TPSA) is 83.5 Å². The van der Waals surface area contributed by atoms with Crippen molar-refractivity contribution < 1.29 is 19.5 Å². The molecule has 4 aromatic carbocycles. The summed E-state index contributed by atoms with van der Waals surface area (Å²) in [6, 6.07) is 26.2. The SMILES string of the molecule is CCCc1ccc2cccc3c2c1C(=O)NC3=O.O=C(O)c1ccc(-c2ccccc2)cc1. The average molecular weight is 437 g/mol. The Hall–Kier alpha value is -4.25. The summed E-state index contributed by atoms with van der Waals surface area (Å²) in [6.07, 6.45) is 1.82. The van der Waals surface area contributed by atoms with Crippen LogP contribution in [0.4, 0.5) is 0 Å². The minimum atomic E-state index is -0.894. The molecule has 0 bridgehead atoms. The fourth-order valence-electron chi connectivity index (χ4n) is 4.02. The Balaban J connectivity index is 0.000000160. The van der Waals surface area contributed by atoms with E-state index in [1.54, 1.807) is 18.2 Å². The van der Waals surface area contributed by atoms with Crippen LogP contribution < -0.4 is 5.32 Å². The van der Waals surface area contributed by atoms with E-state index in [2.05, 4.69) is 12.2 Å². The van der Waals surface area contributed by atoms with Crippen molar-refractivity contribution >= 4 is 28.6 Å². The quantitative estimate of drug-likeness (QED) is 0.400. The molecule has 5 heteroatoms. The largest absolute Gasteiger partial charge is 0.478 e. The Labute approximate surface area is 191 Å². The van der Waals surface area contributed by atoms with Crippen molar-refractivity contribution in [2.45, 2.75) is 19.8 Å². The molecule has 5 rings (SSSR count). The van der Waals surface area contributed by atoms with E-state index < -0.39 is 5.97 Å². The summed E-state index contributed by atoms with van der Waals surface area (Å²) < 4.78 is 0. The minimum absolute atomic E-state index is 0.271. The van der Waals surface area contributed by atoms with Gasteiger partial charge in [-0.25, -0.2) is 4.79 Å². The van der Waals surface area contributed by atoms with Gasteiger partial charge in [0.05, 0.1) is 11.1 Å². The number of carbonyl (C=O) groups excluding carboxylic acids is 2. The Bertz CT molecular complexity index is 1340.